The van der Waals surface area contributed by atoms with E-state index in [0.717, 1.165) is 24.2 Å². The van der Waals surface area contributed by atoms with E-state index in [-0.39, 0.29) is 0 Å². The lowest BCUT2D eigenvalue weighted by Crippen LogP contribution is -2.41. The summed E-state index contributed by atoms with van der Waals surface area (Å²) in [5, 5.41) is 12.3. The highest BCUT2D eigenvalue weighted by atomic mass is 15.2. The van der Waals surface area contributed by atoms with Gasteiger partial charge in [0.15, 0.2) is 0 Å². The first-order valence-electron chi connectivity index (χ1n) is 7.18. The lowest BCUT2D eigenvalue weighted by molar-refractivity contribution is 0.433. The summed E-state index contributed by atoms with van der Waals surface area (Å²) in [7, 11) is 2.01. The van der Waals surface area contributed by atoms with Crippen molar-refractivity contribution in [3.63, 3.8) is 0 Å². The van der Waals surface area contributed by atoms with E-state index in [0.29, 0.717) is 6.04 Å². The van der Waals surface area contributed by atoms with Crippen molar-refractivity contribution in [3.8, 4) is 6.07 Å². The van der Waals surface area contributed by atoms with Crippen molar-refractivity contribution in [2.45, 2.75) is 38.6 Å². The maximum Gasteiger partial charge on any atom is 0.0994 e. The van der Waals surface area contributed by atoms with Crippen LogP contribution < -0.4 is 10.2 Å². The Balaban J connectivity index is 2.17. The predicted molar refractivity (Wildman–Crippen MR) is 79.4 cm³/mol. The van der Waals surface area contributed by atoms with Crippen molar-refractivity contribution in [2.24, 2.45) is 0 Å². The Morgan fingerprint density at radius 3 is 2.95 bits per heavy atom. The van der Waals surface area contributed by atoms with Crippen molar-refractivity contribution in [1.82, 2.24) is 5.32 Å². The van der Waals surface area contributed by atoms with E-state index in [1.165, 1.54) is 31.4 Å². The molecule has 1 N–H and O–H groups in total. The van der Waals surface area contributed by atoms with E-state index in [2.05, 4.69) is 28.4 Å². The first-order valence-corrected chi connectivity index (χ1v) is 7.18. The highest BCUT2D eigenvalue weighted by Crippen LogP contribution is 2.27. The Labute approximate surface area is 116 Å². The molecule has 2 rings (SSSR count). The number of nitrogens with one attached hydrogen (secondary N) is 1. The zero-order valence-electron chi connectivity index (χ0n) is 11.9. The fourth-order valence-corrected chi connectivity index (χ4v) is 2.90. The molecule has 1 aromatic rings. The van der Waals surface area contributed by atoms with Crippen LogP contribution in [0, 0.1) is 18.3 Å². The van der Waals surface area contributed by atoms with Gasteiger partial charge in [-0.1, -0.05) is 0 Å². The van der Waals surface area contributed by atoms with Crippen LogP contribution in [0.1, 0.15) is 36.8 Å². The number of piperidine rings is 1. The van der Waals surface area contributed by atoms with Gasteiger partial charge < -0.3 is 10.2 Å². The van der Waals surface area contributed by atoms with Crippen LogP contribution in [0.25, 0.3) is 0 Å². The molecule has 0 radical (unpaired) electrons. The van der Waals surface area contributed by atoms with Gasteiger partial charge in [-0.15, -0.1) is 0 Å². The molecular formula is C16H23N3. The van der Waals surface area contributed by atoms with Crippen molar-refractivity contribution >= 4 is 5.69 Å². The number of hydrogen-bond donors (Lipinski definition) is 1. The minimum Gasteiger partial charge on any atom is -0.368 e. The van der Waals surface area contributed by atoms with Crippen LogP contribution in [0.4, 0.5) is 5.69 Å². The normalized spacial score (nSPS) is 19.2. The zero-order chi connectivity index (χ0) is 13.7. The van der Waals surface area contributed by atoms with Crippen LogP contribution in [0.3, 0.4) is 0 Å². The third kappa shape index (κ3) is 3.27. The highest BCUT2D eigenvalue weighted by Gasteiger charge is 2.22. The number of nitriles is 1. The van der Waals surface area contributed by atoms with Gasteiger partial charge >= 0.3 is 0 Å². The van der Waals surface area contributed by atoms with Crippen LogP contribution in [-0.2, 0) is 0 Å². The quantitative estimate of drug-likeness (QED) is 0.901. The van der Waals surface area contributed by atoms with Crippen molar-refractivity contribution < 1.29 is 0 Å². The number of rotatable bonds is 4. The van der Waals surface area contributed by atoms with E-state index < -0.39 is 0 Å². The summed E-state index contributed by atoms with van der Waals surface area (Å²) in [5.41, 5.74) is 3.14. The first kappa shape index (κ1) is 13.9. The van der Waals surface area contributed by atoms with Crippen LogP contribution >= 0.6 is 0 Å². The standard InChI is InChI=1S/C16H23N3/c1-13-11-16(7-6-14(13)12-17)19-10-4-3-5-15(19)8-9-18-2/h6-7,11,15,18H,3-5,8-10H2,1-2H3. The fraction of sp³-hybridized carbons (Fsp3) is 0.562. The highest BCUT2D eigenvalue weighted by molar-refractivity contribution is 5.54. The average Bonchev–Trinajstić information content (AvgIpc) is 2.45. The lowest BCUT2D eigenvalue weighted by atomic mass is 9.97. The number of benzene rings is 1. The van der Waals surface area contributed by atoms with Gasteiger partial charge in [0.05, 0.1) is 11.6 Å². The molecule has 3 heteroatoms. The smallest absolute Gasteiger partial charge is 0.0994 e. The van der Waals surface area contributed by atoms with Gasteiger partial charge in [-0.25, -0.2) is 0 Å². The van der Waals surface area contributed by atoms with Gasteiger partial charge in [0.2, 0.25) is 0 Å². The summed E-state index contributed by atoms with van der Waals surface area (Å²) >= 11 is 0. The molecule has 0 bridgehead atoms. The number of anilines is 1. The maximum atomic E-state index is 9.02. The average molecular weight is 257 g/mol. The topological polar surface area (TPSA) is 39.1 Å². The molecule has 1 fully saturated rings. The first-order chi connectivity index (χ1) is 9.26. The van der Waals surface area contributed by atoms with E-state index in [4.69, 9.17) is 5.26 Å². The summed E-state index contributed by atoms with van der Waals surface area (Å²) in [6, 6.07) is 9.09. The van der Waals surface area contributed by atoms with Crippen molar-refractivity contribution in [1.29, 1.82) is 5.26 Å². The largest absolute Gasteiger partial charge is 0.368 e. The van der Waals surface area contributed by atoms with Gasteiger partial charge in [-0.3, -0.25) is 0 Å². The maximum absolute atomic E-state index is 9.02. The minimum atomic E-state index is 0.633. The summed E-state index contributed by atoms with van der Waals surface area (Å²) < 4.78 is 0. The Morgan fingerprint density at radius 2 is 2.26 bits per heavy atom. The Kier molecular flexibility index (Phi) is 4.81. The molecule has 102 valence electrons. The molecule has 1 aliphatic rings. The van der Waals surface area contributed by atoms with Gasteiger partial charge in [0.1, 0.15) is 0 Å². The molecule has 0 saturated carbocycles. The summed E-state index contributed by atoms with van der Waals surface area (Å²) in [6.45, 7) is 4.23. The summed E-state index contributed by atoms with van der Waals surface area (Å²) in [4.78, 5) is 2.52. The Bertz CT molecular complexity index is 462. The van der Waals surface area contributed by atoms with Gasteiger partial charge in [-0.2, -0.15) is 5.26 Å². The van der Waals surface area contributed by atoms with Crippen LogP contribution in [-0.4, -0.2) is 26.2 Å². The molecule has 0 spiro atoms. The van der Waals surface area contributed by atoms with Crippen molar-refractivity contribution in [3.05, 3.63) is 29.3 Å². The van der Waals surface area contributed by atoms with Gasteiger partial charge in [-0.05, 0) is 70.0 Å². The molecule has 1 unspecified atom stereocenters. The molecular weight excluding hydrogens is 234 g/mol. The summed E-state index contributed by atoms with van der Waals surface area (Å²) in [5.74, 6) is 0. The molecule has 0 aromatic heterocycles. The van der Waals surface area contributed by atoms with E-state index >= 15 is 0 Å². The number of aryl methyl sites for hydroxylation is 1. The van der Waals surface area contributed by atoms with Crippen LogP contribution in [0.5, 0.6) is 0 Å². The molecule has 1 aromatic carbocycles. The molecule has 0 amide bonds. The van der Waals surface area contributed by atoms with E-state index in [1.807, 2.05) is 20.0 Å². The van der Waals surface area contributed by atoms with Crippen LogP contribution in [0.2, 0.25) is 0 Å². The molecule has 3 nitrogen and oxygen atoms in total. The second-order valence-corrected chi connectivity index (χ2v) is 5.35. The number of hydrogen-bond acceptors (Lipinski definition) is 3. The second kappa shape index (κ2) is 6.58. The third-order valence-corrected chi connectivity index (χ3v) is 4.02. The zero-order valence-corrected chi connectivity index (χ0v) is 11.9. The monoisotopic (exact) mass is 257 g/mol. The number of nitrogens with zero attached hydrogens (tertiary/aromatic N) is 2. The van der Waals surface area contributed by atoms with Crippen LogP contribution in [0.15, 0.2) is 18.2 Å². The minimum absolute atomic E-state index is 0.633. The molecule has 1 atom stereocenters. The third-order valence-electron chi connectivity index (χ3n) is 4.02. The second-order valence-electron chi connectivity index (χ2n) is 5.35. The SMILES string of the molecule is CNCCC1CCCCN1c1ccc(C#N)c(C)c1. The van der Waals surface area contributed by atoms with Gasteiger partial charge in [0, 0.05) is 18.3 Å². The lowest BCUT2D eigenvalue weighted by Gasteiger charge is -2.38. The summed E-state index contributed by atoms with van der Waals surface area (Å²) in [6.07, 6.45) is 5.07. The predicted octanol–water partition coefficient (Wildman–Crippen LogP) is 2.84. The molecule has 1 heterocycles. The van der Waals surface area contributed by atoms with E-state index in [9.17, 15) is 0 Å². The Morgan fingerprint density at radius 1 is 1.42 bits per heavy atom. The van der Waals surface area contributed by atoms with Gasteiger partial charge in [0.25, 0.3) is 0 Å². The molecule has 19 heavy (non-hydrogen) atoms. The fourth-order valence-electron chi connectivity index (χ4n) is 2.90. The molecule has 0 aliphatic carbocycles. The Hall–Kier alpha value is -1.53. The molecule has 1 aliphatic heterocycles. The van der Waals surface area contributed by atoms with Crippen molar-refractivity contribution in [2.75, 3.05) is 25.0 Å². The van der Waals surface area contributed by atoms with E-state index in [1.54, 1.807) is 0 Å². The molecule has 1 saturated heterocycles.